The molecule has 1 aromatic rings. The second-order valence-corrected chi connectivity index (χ2v) is 5.17. The van der Waals surface area contributed by atoms with Gasteiger partial charge in [-0.05, 0) is 24.6 Å². The maximum atomic E-state index is 5.95. The number of hydrogen-bond donors (Lipinski definition) is 1. The molecule has 0 bridgehead atoms. The Labute approximate surface area is 93.1 Å². The smallest absolute Gasteiger partial charge is 0.0989 e. The zero-order valence-electron chi connectivity index (χ0n) is 7.57. The van der Waals surface area contributed by atoms with Gasteiger partial charge in [0.1, 0.15) is 0 Å². The molecular weight excluding hydrogens is 225 g/mol. The second-order valence-electron chi connectivity index (χ2n) is 2.88. The molecule has 0 spiro atoms. The van der Waals surface area contributed by atoms with Gasteiger partial charge >= 0.3 is 0 Å². The molecule has 4 heteroatoms. The maximum Gasteiger partial charge on any atom is 0.0989 e. The van der Waals surface area contributed by atoms with Gasteiger partial charge in [-0.2, -0.15) is 0 Å². The van der Waals surface area contributed by atoms with Gasteiger partial charge < -0.3 is 5.32 Å². The molecule has 1 heterocycles. The molecule has 0 saturated carbocycles. The summed E-state index contributed by atoms with van der Waals surface area (Å²) >= 11 is 13.2. The van der Waals surface area contributed by atoms with Crippen LogP contribution in [-0.2, 0) is 6.54 Å². The maximum absolute atomic E-state index is 5.95. The molecular formula is C9H13Cl2NS. The molecule has 0 radical (unpaired) electrons. The summed E-state index contributed by atoms with van der Waals surface area (Å²) in [6.45, 7) is 4.04. The molecule has 1 N–H and O–H groups in total. The minimum absolute atomic E-state index is 0.761. The van der Waals surface area contributed by atoms with Crippen molar-refractivity contribution in [3.8, 4) is 0 Å². The van der Waals surface area contributed by atoms with Crippen molar-refractivity contribution in [3.63, 3.8) is 0 Å². The van der Waals surface area contributed by atoms with Crippen molar-refractivity contribution < 1.29 is 0 Å². The first-order valence-electron chi connectivity index (χ1n) is 4.38. The van der Waals surface area contributed by atoms with Crippen molar-refractivity contribution >= 4 is 34.5 Å². The molecule has 1 aromatic heterocycles. The Morgan fingerprint density at radius 1 is 1.46 bits per heavy atom. The predicted octanol–water partition coefficient (Wildman–Crippen LogP) is 3.94. The van der Waals surface area contributed by atoms with Gasteiger partial charge in [0.15, 0.2) is 0 Å². The van der Waals surface area contributed by atoms with Gasteiger partial charge in [0.05, 0.1) is 8.67 Å². The third-order valence-corrected chi connectivity index (χ3v) is 3.32. The van der Waals surface area contributed by atoms with Crippen molar-refractivity contribution in [2.24, 2.45) is 0 Å². The first kappa shape index (κ1) is 11.3. The Kier molecular flexibility index (Phi) is 5.10. The average molecular weight is 238 g/mol. The molecule has 0 aliphatic heterocycles. The van der Waals surface area contributed by atoms with Gasteiger partial charge in [0, 0.05) is 6.54 Å². The lowest BCUT2D eigenvalue weighted by Crippen LogP contribution is -2.13. The van der Waals surface area contributed by atoms with Gasteiger partial charge in [-0.25, -0.2) is 0 Å². The van der Waals surface area contributed by atoms with E-state index in [-0.39, 0.29) is 0 Å². The van der Waals surface area contributed by atoms with Gasteiger partial charge in [-0.1, -0.05) is 36.5 Å². The Morgan fingerprint density at radius 2 is 2.23 bits per heavy atom. The van der Waals surface area contributed by atoms with E-state index in [1.165, 1.54) is 24.2 Å². The number of unbranched alkanes of at least 4 members (excludes halogenated alkanes) is 1. The van der Waals surface area contributed by atoms with Crippen LogP contribution in [0.4, 0.5) is 0 Å². The summed E-state index contributed by atoms with van der Waals surface area (Å²) in [5.74, 6) is 0. The predicted molar refractivity (Wildman–Crippen MR) is 61.0 cm³/mol. The highest BCUT2D eigenvalue weighted by Gasteiger charge is 2.04. The lowest BCUT2D eigenvalue weighted by Gasteiger charge is -2.01. The van der Waals surface area contributed by atoms with Crippen molar-refractivity contribution in [1.82, 2.24) is 5.32 Å². The fourth-order valence-corrected chi connectivity index (χ4v) is 2.51. The van der Waals surface area contributed by atoms with E-state index in [4.69, 9.17) is 23.2 Å². The van der Waals surface area contributed by atoms with Crippen LogP contribution in [0.5, 0.6) is 0 Å². The van der Waals surface area contributed by atoms with E-state index in [1.54, 1.807) is 0 Å². The van der Waals surface area contributed by atoms with E-state index < -0.39 is 0 Å². The fraction of sp³-hybridized carbons (Fsp3) is 0.556. The summed E-state index contributed by atoms with van der Waals surface area (Å²) in [6, 6.07) is 1.92. The lowest BCUT2D eigenvalue weighted by molar-refractivity contribution is 0.642. The Hall–Kier alpha value is 0.240. The molecule has 74 valence electrons. The molecule has 0 unspecified atom stereocenters. The third kappa shape index (κ3) is 3.86. The molecule has 0 fully saturated rings. The molecule has 0 saturated heterocycles. The standard InChI is InChI=1S/C9H13Cl2NS/c1-2-3-4-12-6-7-5-8(10)13-9(7)11/h5,12H,2-4,6H2,1H3. The van der Waals surface area contributed by atoms with Crippen LogP contribution >= 0.6 is 34.5 Å². The number of hydrogen-bond acceptors (Lipinski definition) is 2. The first-order chi connectivity index (χ1) is 6.24. The van der Waals surface area contributed by atoms with Gasteiger partial charge in [0.2, 0.25) is 0 Å². The summed E-state index contributed by atoms with van der Waals surface area (Å²) in [5, 5.41) is 3.32. The number of nitrogens with one attached hydrogen (secondary N) is 1. The minimum Gasteiger partial charge on any atom is -0.313 e. The Bertz CT molecular complexity index is 260. The number of rotatable bonds is 5. The third-order valence-electron chi connectivity index (χ3n) is 1.75. The molecule has 1 rings (SSSR count). The van der Waals surface area contributed by atoms with Crippen LogP contribution in [0.15, 0.2) is 6.07 Å². The number of thiophene rings is 1. The zero-order chi connectivity index (χ0) is 9.68. The lowest BCUT2D eigenvalue weighted by atomic mass is 10.3. The molecule has 1 nitrogen and oxygen atoms in total. The summed E-state index contributed by atoms with van der Waals surface area (Å²) in [6.07, 6.45) is 2.42. The largest absolute Gasteiger partial charge is 0.313 e. The fourth-order valence-electron chi connectivity index (χ4n) is 1.02. The van der Waals surface area contributed by atoms with E-state index in [1.807, 2.05) is 6.07 Å². The summed E-state index contributed by atoms with van der Waals surface area (Å²) in [4.78, 5) is 0. The van der Waals surface area contributed by atoms with Crippen LogP contribution in [0.2, 0.25) is 8.67 Å². The summed E-state index contributed by atoms with van der Waals surface area (Å²) in [5.41, 5.74) is 1.10. The van der Waals surface area contributed by atoms with Crippen LogP contribution < -0.4 is 5.32 Å². The highest BCUT2D eigenvalue weighted by atomic mass is 35.5. The van der Waals surface area contributed by atoms with Crippen LogP contribution in [0.25, 0.3) is 0 Å². The normalized spacial score (nSPS) is 10.7. The van der Waals surface area contributed by atoms with Crippen molar-refractivity contribution in [2.75, 3.05) is 6.54 Å². The van der Waals surface area contributed by atoms with Gasteiger partial charge in [-0.15, -0.1) is 11.3 Å². The topological polar surface area (TPSA) is 12.0 Å². The van der Waals surface area contributed by atoms with Crippen LogP contribution in [0.3, 0.4) is 0 Å². The highest BCUT2D eigenvalue weighted by molar-refractivity contribution is 7.20. The second kappa shape index (κ2) is 5.86. The van der Waals surface area contributed by atoms with Crippen LogP contribution in [0, 0.1) is 0 Å². The van der Waals surface area contributed by atoms with E-state index >= 15 is 0 Å². The highest BCUT2D eigenvalue weighted by Crippen LogP contribution is 2.30. The number of halogens is 2. The van der Waals surface area contributed by atoms with Crippen molar-refractivity contribution in [1.29, 1.82) is 0 Å². The van der Waals surface area contributed by atoms with E-state index in [0.29, 0.717) is 0 Å². The van der Waals surface area contributed by atoms with E-state index in [2.05, 4.69) is 12.2 Å². The van der Waals surface area contributed by atoms with Crippen molar-refractivity contribution in [2.45, 2.75) is 26.3 Å². The SMILES string of the molecule is CCCCNCc1cc(Cl)sc1Cl. The molecule has 0 aliphatic carbocycles. The molecule has 0 aromatic carbocycles. The monoisotopic (exact) mass is 237 g/mol. The van der Waals surface area contributed by atoms with Gasteiger partial charge in [0.25, 0.3) is 0 Å². The Morgan fingerprint density at radius 3 is 2.77 bits per heavy atom. The average Bonchev–Trinajstić information content (AvgIpc) is 2.39. The quantitative estimate of drug-likeness (QED) is 0.766. The minimum atomic E-state index is 0.761. The molecule has 13 heavy (non-hydrogen) atoms. The Balaban J connectivity index is 2.32. The summed E-state index contributed by atoms with van der Waals surface area (Å²) < 4.78 is 1.56. The molecule has 0 aliphatic rings. The molecule has 0 atom stereocenters. The van der Waals surface area contributed by atoms with Crippen LogP contribution in [-0.4, -0.2) is 6.54 Å². The van der Waals surface area contributed by atoms with E-state index in [0.717, 1.165) is 27.3 Å². The molecule has 0 amide bonds. The zero-order valence-corrected chi connectivity index (χ0v) is 9.90. The van der Waals surface area contributed by atoms with E-state index in [9.17, 15) is 0 Å². The van der Waals surface area contributed by atoms with Crippen molar-refractivity contribution in [3.05, 3.63) is 20.3 Å². The van der Waals surface area contributed by atoms with Crippen LogP contribution in [0.1, 0.15) is 25.3 Å². The first-order valence-corrected chi connectivity index (χ1v) is 5.95. The summed E-state index contributed by atoms with van der Waals surface area (Å²) in [7, 11) is 0. The van der Waals surface area contributed by atoms with Gasteiger partial charge in [-0.3, -0.25) is 0 Å².